The molecule has 0 radical (unpaired) electrons. The Balaban J connectivity index is -0.000000107. The second-order valence-corrected chi connectivity index (χ2v) is 76.2. The van der Waals surface area contributed by atoms with Gasteiger partial charge in [-0.15, -0.1) is 0 Å². The summed E-state index contributed by atoms with van der Waals surface area (Å²) in [6.45, 7) is 0. The summed E-state index contributed by atoms with van der Waals surface area (Å²) in [6, 6.07) is 0. The summed E-state index contributed by atoms with van der Waals surface area (Å²) >= 11 is 0. The zero-order valence-electron chi connectivity index (χ0n) is 21.1. The molecule has 29 heavy (non-hydrogen) atoms. The van der Waals surface area contributed by atoms with Crippen LogP contribution in [0.4, 0.5) is 0 Å². The maximum absolute atomic E-state index is 2.87. The Kier molecular flexibility index (Phi) is 42.0. The molecule has 0 heterocycles. The lowest BCUT2D eigenvalue weighted by atomic mass is 12.0. The number of nitrogens with zero attached hydrogens (tertiary/aromatic N) is 8. The lowest BCUT2D eigenvalue weighted by Crippen LogP contribution is -2.50. The fourth-order valence-corrected chi connectivity index (χ4v) is 64.5. The average molecular weight is 746 g/mol. The third kappa shape index (κ3) is 50.0. The van der Waals surface area contributed by atoms with E-state index in [2.05, 4.69) is 31.2 Å². The normalized spacial score (nSPS) is 14.5. The summed E-state index contributed by atoms with van der Waals surface area (Å²) < 4.78 is 21.7. The summed E-state index contributed by atoms with van der Waals surface area (Å²) in [7, 11) is 19.2. The predicted molar refractivity (Wildman–Crippen MR) is 215 cm³/mol. The highest BCUT2D eigenvalue weighted by Gasteiger charge is 2.05. The molecule has 0 bridgehead atoms. The van der Waals surface area contributed by atoms with E-state index in [-0.39, 0.29) is 67.6 Å². The van der Waals surface area contributed by atoms with E-state index in [9.17, 15) is 0 Å². The maximum Gasteiger partial charge on any atom is 0.146 e. The van der Waals surface area contributed by atoms with Gasteiger partial charge in [-0.1, -0.05) is 7.43 Å². The Labute approximate surface area is 242 Å². The lowest BCUT2D eigenvalue weighted by Gasteiger charge is -2.28. The first kappa shape index (κ1) is 43.1. The second kappa shape index (κ2) is 28.3. The van der Waals surface area contributed by atoms with E-state index in [4.69, 9.17) is 0 Å². The first-order valence-electron chi connectivity index (χ1n) is 9.42. The van der Waals surface area contributed by atoms with Crippen LogP contribution in [0.2, 0.25) is 0 Å². The van der Waals surface area contributed by atoms with Gasteiger partial charge < -0.3 is 31.2 Å². The van der Waals surface area contributed by atoms with Crippen molar-refractivity contribution in [3.05, 3.63) is 0 Å². The first-order valence-corrected chi connectivity index (χ1v) is 28.3. The van der Waals surface area contributed by atoms with Gasteiger partial charge in [0, 0.05) is 0 Å². The molecule has 0 saturated heterocycles. The van der Waals surface area contributed by atoms with Gasteiger partial charge in [-0.2, -0.15) is 0 Å². The van der Waals surface area contributed by atoms with E-state index in [1.807, 2.05) is 0 Å². The van der Waals surface area contributed by atoms with Gasteiger partial charge in [0.1, 0.15) is 49.2 Å². The topological polar surface area (TPSA) is 25.9 Å². The second-order valence-electron chi connectivity index (χ2n) is 8.94. The highest BCUT2D eigenvalue weighted by atomic mass is 28.4. The number of hydrogen-bond donors (Lipinski definition) is 0. The SMILES string of the molecule is C.[SiH3]N([SiH3])[SiH2]N([SiH3])[SiH2]N([SiH3])[SiH2]N([SiH3])[SiH3].[SiH3]N([SiH3])[SiH2]N([SiH3])[SiH2]N([SiH3])[SiH3].[SiH3]N([SiH3])[SiH3].[SiH4]. The van der Waals surface area contributed by atoms with Crippen molar-refractivity contribution in [1.82, 2.24) is 31.2 Å². The molecule has 0 aliphatic carbocycles. The molecule has 0 saturated carbocycles. The molecule has 0 fully saturated rings. The van der Waals surface area contributed by atoms with Crippen molar-refractivity contribution in [3.8, 4) is 0 Å². The standard InChI is InChI=1S/CH4.H24N4Si9.H19N3Si7.H9NSi3.H4Si/c;5-1(6)11-3(9)13-4(10)12-2(7)8;4-1(5)9-3(8)10-2(6)7;2-1(3)4;/h1H4;11-13H2,5-10H3;9-10H2,4-8H3;2-4H3;1H4. The monoisotopic (exact) mass is 744 g/mol. The molecular formula is CH60N8Si20. The Bertz CT molecular complexity index is 275. The molecule has 0 spiro atoms. The van der Waals surface area contributed by atoms with Crippen LogP contribution >= 0.6 is 0 Å². The van der Waals surface area contributed by atoms with Crippen LogP contribution < -0.4 is 0 Å². The van der Waals surface area contributed by atoms with E-state index in [0.717, 1.165) is 0 Å². The minimum Gasteiger partial charge on any atom is -0.390 e. The van der Waals surface area contributed by atoms with Crippen LogP contribution in [0, 0.1) is 0 Å². The van der Waals surface area contributed by atoms with Gasteiger partial charge in [-0.25, -0.2) is 0 Å². The number of rotatable bonds is 10. The van der Waals surface area contributed by atoms with Gasteiger partial charge >= 0.3 is 0 Å². The average Bonchev–Trinajstić information content (AvgIpc) is 2.33. The summed E-state index contributed by atoms with van der Waals surface area (Å²) in [5, 5.41) is 0. The molecule has 184 valence electrons. The van der Waals surface area contributed by atoms with E-state index in [1.54, 1.807) is 0 Å². The molecule has 0 aromatic heterocycles. The molecule has 0 amide bonds. The summed E-state index contributed by atoms with van der Waals surface area (Å²) in [5.41, 5.74) is 0. The van der Waals surface area contributed by atoms with Crippen LogP contribution in [0.15, 0.2) is 0 Å². The summed E-state index contributed by atoms with van der Waals surface area (Å²) in [5.74, 6) is 0. The fraction of sp³-hybridized carbons (Fsp3) is 1.00. The molecule has 0 aromatic rings. The van der Waals surface area contributed by atoms with Crippen LogP contribution in [-0.2, 0) is 0 Å². The van der Waals surface area contributed by atoms with Gasteiger partial charge in [0.2, 0.25) is 0 Å². The predicted octanol–water partition coefficient (Wildman–Crippen LogP) is -24.5. The van der Waals surface area contributed by atoms with E-state index in [1.165, 1.54) is 146 Å². The lowest BCUT2D eigenvalue weighted by molar-refractivity contribution is 0.891. The highest BCUT2D eigenvalue weighted by molar-refractivity contribution is 6.71. The fourth-order valence-electron chi connectivity index (χ4n) is 2.48. The van der Waals surface area contributed by atoms with Gasteiger partial charge in [0.25, 0.3) is 0 Å². The molecule has 0 atom stereocenters. The molecule has 0 aliphatic heterocycles. The molecule has 0 aliphatic rings. The van der Waals surface area contributed by atoms with E-state index < -0.39 is 0 Å². The molecule has 8 nitrogen and oxygen atoms in total. The van der Waals surface area contributed by atoms with Crippen molar-refractivity contribution in [2.45, 2.75) is 7.43 Å². The van der Waals surface area contributed by atoms with E-state index in [0.29, 0.717) is 0 Å². The zero-order valence-corrected chi connectivity index (χ0v) is 56.2. The van der Waals surface area contributed by atoms with Crippen LogP contribution in [0.3, 0.4) is 0 Å². The van der Waals surface area contributed by atoms with Crippen molar-refractivity contribution in [3.63, 3.8) is 0 Å². The third-order valence-electron chi connectivity index (χ3n) is 2.58. The largest absolute Gasteiger partial charge is 0.390 e. The smallest absolute Gasteiger partial charge is 0.146 e. The maximum atomic E-state index is 2.87. The van der Waals surface area contributed by atoms with Crippen LogP contribution in [0.25, 0.3) is 0 Å². The minimum absolute atomic E-state index is 0. The van der Waals surface area contributed by atoms with Gasteiger partial charge in [0.15, 0.2) is 0 Å². The van der Waals surface area contributed by atoms with Gasteiger partial charge in [0.05, 0.1) is 146 Å². The summed E-state index contributed by atoms with van der Waals surface area (Å²) in [6.07, 6.45) is 0. The Morgan fingerprint density at radius 3 is 0.621 bits per heavy atom. The Morgan fingerprint density at radius 1 is 0.345 bits per heavy atom. The van der Waals surface area contributed by atoms with Crippen molar-refractivity contribution < 1.29 is 0 Å². The van der Waals surface area contributed by atoms with Crippen molar-refractivity contribution in [2.24, 2.45) is 0 Å². The molecule has 0 rings (SSSR count). The van der Waals surface area contributed by atoms with Gasteiger partial charge in [-0.3, -0.25) is 0 Å². The Hall–Kier alpha value is 4.02. The van der Waals surface area contributed by atoms with E-state index >= 15 is 0 Å². The summed E-state index contributed by atoms with van der Waals surface area (Å²) in [4.78, 5) is 0. The van der Waals surface area contributed by atoms with Gasteiger partial charge in [-0.05, 0) is 11.0 Å². The van der Waals surface area contributed by atoms with Crippen molar-refractivity contribution >= 4 is 206 Å². The van der Waals surface area contributed by atoms with Crippen LogP contribution in [0.5, 0.6) is 0 Å². The number of hydrogen-bond acceptors (Lipinski definition) is 8. The molecular weight excluding hydrogens is 686 g/mol. The molecule has 28 heteroatoms. The highest BCUT2D eigenvalue weighted by Crippen LogP contribution is 1.81. The third-order valence-corrected chi connectivity index (χ3v) is 23.2. The van der Waals surface area contributed by atoms with Crippen LogP contribution in [-0.4, -0.2) is 237 Å². The minimum atomic E-state index is 0. The molecule has 0 aromatic carbocycles. The van der Waals surface area contributed by atoms with Crippen molar-refractivity contribution in [1.29, 1.82) is 0 Å². The molecule has 0 N–H and O–H groups in total. The first-order chi connectivity index (χ1) is 12.2. The Morgan fingerprint density at radius 2 is 0.483 bits per heavy atom. The van der Waals surface area contributed by atoms with Crippen molar-refractivity contribution in [2.75, 3.05) is 0 Å². The molecule has 0 unspecified atom stereocenters. The van der Waals surface area contributed by atoms with Crippen LogP contribution in [0.1, 0.15) is 7.43 Å². The zero-order chi connectivity index (χ0) is 22.2. The quantitative estimate of drug-likeness (QED) is 0.204.